The van der Waals surface area contributed by atoms with Gasteiger partial charge in [-0.1, -0.05) is 29.8 Å². The lowest BCUT2D eigenvalue weighted by Crippen LogP contribution is -2.39. The van der Waals surface area contributed by atoms with Gasteiger partial charge in [0.1, 0.15) is 0 Å². The third-order valence-electron chi connectivity index (χ3n) is 3.28. The Balaban J connectivity index is 2.71. The fourth-order valence-electron chi connectivity index (χ4n) is 1.97. The van der Waals surface area contributed by atoms with Crippen LogP contribution < -0.4 is 5.32 Å². The molecule has 4 nitrogen and oxygen atoms in total. The molecule has 1 aromatic rings. The summed E-state index contributed by atoms with van der Waals surface area (Å²) in [6, 6.07) is 7.80. The highest BCUT2D eigenvalue weighted by Gasteiger charge is 2.18. The Morgan fingerprint density at radius 3 is 2.57 bits per heavy atom. The zero-order chi connectivity index (χ0) is 17.5. The molecule has 0 saturated carbocycles. The molecule has 130 valence electrons. The quantitative estimate of drug-likeness (QED) is 0.627. The van der Waals surface area contributed by atoms with Crippen LogP contribution in [0.5, 0.6) is 0 Å². The number of rotatable bonds is 6. The molecule has 1 atom stereocenters. The van der Waals surface area contributed by atoms with Crippen molar-refractivity contribution in [2.24, 2.45) is 4.99 Å². The average molecular weight is 358 g/mol. The summed E-state index contributed by atoms with van der Waals surface area (Å²) < 4.78 is 11.9. The predicted molar refractivity (Wildman–Crippen MR) is 102 cm³/mol. The van der Waals surface area contributed by atoms with Gasteiger partial charge in [-0.2, -0.15) is 0 Å². The van der Waals surface area contributed by atoms with Gasteiger partial charge in [-0.15, -0.1) is 0 Å². The molecule has 1 aromatic carbocycles. The van der Waals surface area contributed by atoms with Crippen molar-refractivity contribution in [2.75, 3.05) is 25.9 Å². The molecule has 23 heavy (non-hydrogen) atoms. The summed E-state index contributed by atoms with van der Waals surface area (Å²) >= 11 is 6.22. The Hall–Kier alpha value is -1.07. The zero-order valence-electron chi connectivity index (χ0n) is 14.7. The van der Waals surface area contributed by atoms with Gasteiger partial charge < -0.3 is 10.2 Å². The van der Waals surface area contributed by atoms with Gasteiger partial charge in [-0.3, -0.25) is 9.20 Å². The fourth-order valence-corrected chi connectivity index (χ4v) is 3.03. The minimum absolute atomic E-state index is 0.197. The number of benzene rings is 1. The molecular formula is C17H28ClN3OS. The monoisotopic (exact) mass is 357 g/mol. The van der Waals surface area contributed by atoms with Crippen molar-refractivity contribution in [1.29, 1.82) is 0 Å². The lowest BCUT2D eigenvalue weighted by atomic mass is 10.2. The second-order valence-corrected chi connectivity index (χ2v) is 9.08. The summed E-state index contributed by atoms with van der Waals surface area (Å²) in [6.45, 7) is 10.00. The third kappa shape index (κ3) is 6.92. The van der Waals surface area contributed by atoms with Crippen LogP contribution in [0.4, 0.5) is 0 Å². The van der Waals surface area contributed by atoms with E-state index >= 15 is 0 Å². The second-order valence-electron chi connectivity index (χ2n) is 6.35. The molecule has 1 rings (SSSR count). The van der Waals surface area contributed by atoms with Crippen molar-refractivity contribution in [3.8, 4) is 0 Å². The first-order chi connectivity index (χ1) is 10.8. The molecule has 0 spiro atoms. The highest BCUT2D eigenvalue weighted by molar-refractivity contribution is 7.86. The van der Waals surface area contributed by atoms with Crippen LogP contribution in [0.15, 0.2) is 29.3 Å². The van der Waals surface area contributed by atoms with Crippen molar-refractivity contribution < 1.29 is 4.21 Å². The predicted octanol–water partition coefficient (Wildman–Crippen LogP) is 3.28. The van der Waals surface area contributed by atoms with Crippen LogP contribution in [0.2, 0.25) is 5.02 Å². The lowest BCUT2D eigenvalue weighted by Gasteiger charge is -2.23. The van der Waals surface area contributed by atoms with Gasteiger partial charge in [-0.05, 0) is 39.3 Å². The summed E-state index contributed by atoms with van der Waals surface area (Å²) in [6.07, 6.45) is 0. The summed E-state index contributed by atoms with van der Waals surface area (Å²) in [5.74, 6) is 1.37. The molecule has 6 heteroatoms. The van der Waals surface area contributed by atoms with Gasteiger partial charge in [0.25, 0.3) is 0 Å². The van der Waals surface area contributed by atoms with Crippen LogP contribution in [0.3, 0.4) is 0 Å². The second kappa shape index (κ2) is 9.28. The number of aliphatic imine (C=N–C) groups is 1. The Labute approximate surface area is 147 Å². The van der Waals surface area contributed by atoms with Crippen LogP contribution in [0.1, 0.15) is 33.3 Å². The van der Waals surface area contributed by atoms with Crippen molar-refractivity contribution in [3.63, 3.8) is 0 Å². The van der Waals surface area contributed by atoms with E-state index in [1.165, 1.54) is 0 Å². The van der Waals surface area contributed by atoms with Gasteiger partial charge >= 0.3 is 0 Å². The average Bonchev–Trinajstić information content (AvgIpc) is 2.47. The van der Waals surface area contributed by atoms with Crippen molar-refractivity contribution in [2.45, 2.75) is 39.0 Å². The van der Waals surface area contributed by atoms with Gasteiger partial charge in [0.05, 0.1) is 6.54 Å². The molecule has 0 bridgehead atoms. The van der Waals surface area contributed by atoms with Crippen LogP contribution >= 0.6 is 11.6 Å². The van der Waals surface area contributed by atoms with Crippen LogP contribution in [-0.4, -0.2) is 45.7 Å². The van der Waals surface area contributed by atoms with Crippen molar-refractivity contribution >= 4 is 28.4 Å². The Kier molecular flexibility index (Phi) is 8.06. The molecule has 0 aliphatic rings. The van der Waals surface area contributed by atoms with Gasteiger partial charge in [0.2, 0.25) is 0 Å². The molecular weight excluding hydrogens is 330 g/mol. The fraction of sp³-hybridized carbons (Fsp3) is 0.588. The number of hydrogen-bond acceptors (Lipinski definition) is 2. The van der Waals surface area contributed by atoms with Crippen LogP contribution in [0, 0.1) is 0 Å². The van der Waals surface area contributed by atoms with Crippen molar-refractivity contribution in [3.05, 3.63) is 34.9 Å². The smallest absolute Gasteiger partial charge is 0.193 e. The minimum Gasteiger partial charge on any atom is -0.357 e. The maximum atomic E-state index is 12.1. The zero-order valence-corrected chi connectivity index (χ0v) is 16.3. The Bertz CT molecular complexity index is 555. The third-order valence-corrected chi connectivity index (χ3v) is 5.57. The lowest BCUT2D eigenvalue weighted by molar-refractivity contribution is 0.477. The van der Waals surface area contributed by atoms with Gasteiger partial charge in [0, 0.05) is 46.5 Å². The molecule has 0 aliphatic heterocycles. The highest BCUT2D eigenvalue weighted by Crippen LogP contribution is 2.16. The van der Waals surface area contributed by atoms with Crippen LogP contribution in [-0.2, 0) is 17.3 Å². The molecule has 0 saturated heterocycles. The van der Waals surface area contributed by atoms with E-state index in [4.69, 9.17) is 11.6 Å². The maximum absolute atomic E-state index is 12.1. The Morgan fingerprint density at radius 2 is 2.00 bits per heavy atom. The molecule has 0 aromatic heterocycles. The topological polar surface area (TPSA) is 44.7 Å². The molecule has 0 heterocycles. The minimum atomic E-state index is -0.887. The number of halogens is 1. The van der Waals surface area contributed by atoms with Gasteiger partial charge in [-0.25, -0.2) is 0 Å². The number of hydrogen-bond donors (Lipinski definition) is 1. The van der Waals surface area contributed by atoms with E-state index in [0.29, 0.717) is 18.8 Å². The van der Waals surface area contributed by atoms with Gasteiger partial charge in [0.15, 0.2) is 5.96 Å². The normalized spacial score (nSPS) is 13.7. The Morgan fingerprint density at radius 1 is 1.35 bits per heavy atom. The number of nitrogens with zero attached hydrogens (tertiary/aromatic N) is 2. The first kappa shape index (κ1) is 20.0. The molecule has 0 aliphatic carbocycles. The standard InChI is InChI=1S/C17H28ClN3OS/c1-6-19-16(20-11-12-23(22)17(2,3)4)21(5)13-14-9-7-8-10-15(14)18/h7-10H,6,11-13H2,1-5H3,(H,19,20). The van der Waals surface area contributed by atoms with E-state index in [1.54, 1.807) is 0 Å². The number of nitrogens with one attached hydrogen (secondary N) is 1. The molecule has 1 unspecified atom stereocenters. The molecule has 0 amide bonds. The van der Waals surface area contributed by atoms with E-state index in [9.17, 15) is 4.21 Å². The molecule has 1 N–H and O–H groups in total. The van der Waals surface area contributed by atoms with E-state index < -0.39 is 10.8 Å². The highest BCUT2D eigenvalue weighted by atomic mass is 35.5. The van der Waals surface area contributed by atoms with E-state index in [-0.39, 0.29) is 4.75 Å². The first-order valence-electron chi connectivity index (χ1n) is 7.87. The number of guanidine groups is 1. The van der Waals surface area contributed by atoms with E-state index in [1.807, 2.05) is 63.9 Å². The van der Waals surface area contributed by atoms with E-state index in [0.717, 1.165) is 23.1 Å². The molecule has 0 fully saturated rings. The largest absolute Gasteiger partial charge is 0.357 e. The van der Waals surface area contributed by atoms with Crippen molar-refractivity contribution in [1.82, 2.24) is 10.2 Å². The summed E-state index contributed by atoms with van der Waals surface area (Å²) in [5, 5.41) is 4.02. The van der Waals surface area contributed by atoms with Crippen LogP contribution in [0.25, 0.3) is 0 Å². The maximum Gasteiger partial charge on any atom is 0.193 e. The summed E-state index contributed by atoms with van der Waals surface area (Å²) in [5.41, 5.74) is 1.06. The van der Waals surface area contributed by atoms with E-state index in [2.05, 4.69) is 10.3 Å². The molecule has 0 radical (unpaired) electrons. The summed E-state index contributed by atoms with van der Waals surface area (Å²) in [4.78, 5) is 6.62. The SMILES string of the molecule is CCNC(=NCCS(=O)C(C)(C)C)N(C)Cc1ccccc1Cl. The summed E-state index contributed by atoms with van der Waals surface area (Å²) in [7, 11) is 1.09. The first-order valence-corrected chi connectivity index (χ1v) is 9.56.